The minimum Gasteiger partial charge on any atom is -0.310 e. The van der Waals surface area contributed by atoms with Crippen LogP contribution < -0.4 is 5.32 Å². The van der Waals surface area contributed by atoms with Crippen LogP contribution in [0.3, 0.4) is 0 Å². The second kappa shape index (κ2) is 6.50. The topological polar surface area (TPSA) is 12.0 Å². The summed E-state index contributed by atoms with van der Waals surface area (Å²) in [7, 11) is 0. The lowest BCUT2D eigenvalue weighted by Crippen LogP contribution is -2.19. The molecule has 1 nitrogen and oxygen atoms in total. The first-order valence-electron chi connectivity index (χ1n) is 6.29. The second-order valence-electron chi connectivity index (χ2n) is 4.36. The fourth-order valence-corrected chi connectivity index (χ4v) is 3.67. The lowest BCUT2D eigenvalue weighted by atomic mass is 10.0. The fourth-order valence-electron chi connectivity index (χ4n) is 2.04. The van der Waals surface area contributed by atoms with Crippen molar-refractivity contribution in [2.24, 2.45) is 0 Å². The molecule has 0 aliphatic heterocycles. The largest absolute Gasteiger partial charge is 0.310 e. The molecule has 1 N–H and O–H groups in total. The smallest absolute Gasteiger partial charge is 0.0488 e. The lowest BCUT2D eigenvalue weighted by molar-refractivity contribution is 0.572. The van der Waals surface area contributed by atoms with E-state index in [2.05, 4.69) is 70.8 Å². The number of hydrogen-bond acceptors (Lipinski definition) is 2. The highest BCUT2D eigenvalue weighted by atomic mass is 79.9. The Morgan fingerprint density at radius 2 is 2.06 bits per heavy atom. The summed E-state index contributed by atoms with van der Waals surface area (Å²) in [6, 6.07) is 11.1. The van der Waals surface area contributed by atoms with Crippen LogP contribution in [0.2, 0.25) is 0 Å². The summed E-state index contributed by atoms with van der Waals surface area (Å²) in [6.45, 7) is 5.48. The predicted molar refractivity (Wildman–Crippen MR) is 84.2 cm³/mol. The third-order valence-electron chi connectivity index (χ3n) is 2.99. The molecule has 3 heteroatoms. The second-order valence-corrected chi connectivity index (χ2v) is 6.13. The normalized spacial score (nSPS) is 12.6. The molecule has 1 unspecified atom stereocenters. The van der Waals surface area contributed by atoms with Crippen LogP contribution in [0.15, 0.2) is 40.2 Å². The molecule has 96 valence electrons. The summed E-state index contributed by atoms with van der Waals surface area (Å²) in [5, 5.41) is 5.69. The van der Waals surface area contributed by atoms with Crippen molar-refractivity contribution in [3.63, 3.8) is 0 Å². The van der Waals surface area contributed by atoms with E-state index in [1.165, 1.54) is 20.5 Å². The maximum atomic E-state index is 3.63. The van der Waals surface area contributed by atoms with Crippen molar-refractivity contribution in [1.29, 1.82) is 0 Å². The van der Waals surface area contributed by atoms with Crippen molar-refractivity contribution in [2.75, 3.05) is 6.54 Å². The van der Waals surface area contributed by atoms with E-state index >= 15 is 0 Å². The molecule has 2 rings (SSSR count). The highest BCUT2D eigenvalue weighted by Crippen LogP contribution is 2.37. The van der Waals surface area contributed by atoms with Crippen LogP contribution in [-0.4, -0.2) is 6.54 Å². The van der Waals surface area contributed by atoms with E-state index in [9.17, 15) is 0 Å². The van der Waals surface area contributed by atoms with Crippen LogP contribution in [0.5, 0.6) is 0 Å². The zero-order valence-corrected chi connectivity index (χ0v) is 13.1. The maximum Gasteiger partial charge on any atom is 0.0488 e. The lowest BCUT2D eigenvalue weighted by Gasteiger charge is -2.17. The van der Waals surface area contributed by atoms with Crippen LogP contribution in [0.25, 0.3) is 10.4 Å². The molecule has 0 spiro atoms. The summed E-state index contributed by atoms with van der Waals surface area (Å²) < 4.78 is 1.18. The summed E-state index contributed by atoms with van der Waals surface area (Å²) in [5.41, 5.74) is 2.70. The molecule has 0 amide bonds. The SMILES string of the molecule is CCCNC(C)c1ccccc1-c1sccc1Br. The molecule has 0 fully saturated rings. The van der Waals surface area contributed by atoms with Crippen molar-refractivity contribution >= 4 is 27.3 Å². The summed E-state index contributed by atoms with van der Waals surface area (Å²) in [5.74, 6) is 0. The van der Waals surface area contributed by atoms with Gasteiger partial charge in [-0.05, 0) is 58.4 Å². The van der Waals surface area contributed by atoms with Gasteiger partial charge in [0.05, 0.1) is 0 Å². The van der Waals surface area contributed by atoms with Crippen molar-refractivity contribution < 1.29 is 0 Å². The van der Waals surface area contributed by atoms with E-state index < -0.39 is 0 Å². The average molecular weight is 324 g/mol. The van der Waals surface area contributed by atoms with E-state index in [4.69, 9.17) is 0 Å². The minimum atomic E-state index is 0.384. The Hall–Kier alpha value is -0.640. The maximum absolute atomic E-state index is 3.63. The Morgan fingerprint density at radius 1 is 1.28 bits per heavy atom. The van der Waals surface area contributed by atoms with Gasteiger partial charge in [0.25, 0.3) is 0 Å². The van der Waals surface area contributed by atoms with Crippen molar-refractivity contribution in [3.8, 4) is 10.4 Å². The Labute approximate surface area is 121 Å². The number of benzene rings is 1. The molecule has 1 atom stereocenters. The van der Waals surface area contributed by atoms with Crippen LogP contribution in [-0.2, 0) is 0 Å². The monoisotopic (exact) mass is 323 g/mol. The third kappa shape index (κ3) is 3.02. The minimum absolute atomic E-state index is 0.384. The fraction of sp³-hybridized carbons (Fsp3) is 0.333. The number of rotatable bonds is 5. The average Bonchev–Trinajstić information content (AvgIpc) is 2.82. The van der Waals surface area contributed by atoms with E-state index in [-0.39, 0.29) is 0 Å². The highest BCUT2D eigenvalue weighted by molar-refractivity contribution is 9.10. The molecule has 0 saturated heterocycles. The molecule has 0 aliphatic carbocycles. The molecule has 2 aromatic rings. The van der Waals surface area contributed by atoms with Gasteiger partial charge in [-0.25, -0.2) is 0 Å². The molecule has 1 aromatic heterocycles. The number of nitrogens with one attached hydrogen (secondary N) is 1. The number of thiophene rings is 1. The van der Waals surface area contributed by atoms with Gasteiger partial charge in [-0.15, -0.1) is 11.3 Å². The van der Waals surface area contributed by atoms with Gasteiger partial charge in [0.15, 0.2) is 0 Å². The van der Waals surface area contributed by atoms with Crippen molar-refractivity contribution in [2.45, 2.75) is 26.3 Å². The van der Waals surface area contributed by atoms with E-state index in [0.717, 1.165) is 13.0 Å². The van der Waals surface area contributed by atoms with Crippen LogP contribution in [0.4, 0.5) is 0 Å². The van der Waals surface area contributed by atoms with Crippen molar-refractivity contribution in [1.82, 2.24) is 5.32 Å². The molecular formula is C15H18BrNS. The molecular weight excluding hydrogens is 306 g/mol. The van der Waals surface area contributed by atoms with Gasteiger partial charge in [0.1, 0.15) is 0 Å². The van der Waals surface area contributed by atoms with E-state index in [1.54, 1.807) is 11.3 Å². The zero-order valence-electron chi connectivity index (χ0n) is 10.7. The number of hydrogen-bond donors (Lipinski definition) is 1. The van der Waals surface area contributed by atoms with Crippen LogP contribution in [0.1, 0.15) is 31.9 Å². The molecule has 1 aromatic carbocycles. The predicted octanol–water partition coefficient (Wildman–Crippen LogP) is 5.24. The first kappa shape index (κ1) is 13.8. The summed E-state index contributed by atoms with van der Waals surface area (Å²) >= 11 is 5.41. The molecule has 0 bridgehead atoms. The van der Waals surface area contributed by atoms with Gasteiger partial charge in [0.2, 0.25) is 0 Å². The van der Waals surface area contributed by atoms with Crippen LogP contribution >= 0.6 is 27.3 Å². The first-order valence-corrected chi connectivity index (χ1v) is 7.97. The third-order valence-corrected chi connectivity index (χ3v) is 4.86. The van der Waals surface area contributed by atoms with Gasteiger partial charge >= 0.3 is 0 Å². The Bertz CT molecular complexity index is 507. The van der Waals surface area contributed by atoms with E-state index in [0.29, 0.717) is 6.04 Å². The standard InChI is InChI=1S/C15H18BrNS/c1-3-9-17-11(2)12-6-4-5-7-13(12)15-14(16)8-10-18-15/h4-8,10-11,17H,3,9H2,1-2H3. The molecule has 1 heterocycles. The molecule has 0 saturated carbocycles. The molecule has 0 radical (unpaired) electrons. The van der Waals surface area contributed by atoms with Crippen LogP contribution in [0, 0.1) is 0 Å². The van der Waals surface area contributed by atoms with E-state index in [1.807, 2.05) is 0 Å². The van der Waals surface area contributed by atoms with Crippen molar-refractivity contribution in [3.05, 3.63) is 45.7 Å². The van der Waals surface area contributed by atoms with Gasteiger partial charge in [-0.2, -0.15) is 0 Å². The summed E-state index contributed by atoms with van der Waals surface area (Å²) in [4.78, 5) is 1.32. The van der Waals surface area contributed by atoms with Gasteiger partial charge < -0.3 is 5.32 Å². The quantitative estimate of drug-likeness (QED) is 0.793. The molecule has 0 aliphatic rings. The zero-order chi connectivity index (χ0) is 13.0. The molecule has 18 heavy (non-hydrogen) atoms. The van der Waals surface area contributed by atoms with Gasteiger partial charge in [-0.3, -0.25) is 0 Å². The first-order chi connectivity index (χ1) is 8.74. The Kier molecular flexibility index (Phi) is 4.98. The number of halogens is 1. The van der Waals surface area contributed by atoms with Gasteiger partial charge in [-0.1, -0.05) is 31.2 Å². The summed E-state index contributed by atoms with van der Waals surface area (Å²) in [6.07, 6.45) is 1.16. The Morgan fingerprint density at radius 3 is 2.72 bits per heavy atom. The van der Waals surface area contributed by atoms with Gasteiger partial charge in [0, 0.05) is 15.4 Å². The highest BCUT2D eigenvalue weighted by Gasteiger charge is 2.13. The Balaban J connectivity index is 2.34.